The molecule has 0 fully saturated rings. The van der Waals surface area contributed by atoms with E-state index in [9.17, 15) is 4.79 Å². The molecule has 0 aliphatic heterocycles. The van der Waals surface area contributed by atoms with E-state index in [2.05, 4.69) is 74.4 Å². The molecule has 1 atom stereocenters. The van der Waals surface area contributed by atoms with Crippen LogP contribution in [0.5, 0.6) is 0 Å². The van der Waals surface area contributed by atoms with Crippen molar-refractivity contribution in [1.82, 2.24) is 0 Å². The van der Waals surface area contributed by atoms with Crippen molar-refractivity contribution in [2.45, 2.75) is 87.2 Å². The molecule has 0 aliphatic carbocycles. The Morgan fingerprint density at radius 1 is 0.880 bits per heavy atom. The summed E-state index contributed by atoms with van der Waals surface area (Å²) in [6.07, 6.45) is 2.34. The summed E-state index contributed by atoms with van der Waals surface area (Å²) < 4.78 is 6.32. The number of ether oxygens (including phenoxy) is 1. The first-order valence-corrected chi connectivity index (χ1v) is 9.60. The number of hydrogen-bond acceptors (Lipinski definition) is 2. The summed E-state index contributed by atoms with van der Waals surface area (Å²) >= 11 is 0. The van der Waals surface area contributed by atoms with E-state index >= 15 is 0 Å². The van der Waals surface area contributed by atoms with Crippen LogP contribution in [0.15, 0.2) is 30.3 Å². The Balaban J connectivity index is 3.29. The second kappa shape index (κ2) is 7.51. The lowest BCUT2D eigenvalue weighted by Crippen LogP contribution is -2.47. The van der Waals surface area contributed by atoms with Crippen LogP contribution in [0, 0.1) is 16.2 Å². The molecule has 2 nitrogen and oxygen atoms in total. The van der Waals surface area contributed by atoms with Crippen LogP contribution in [-0.2, 0) is 15.1 Å². The molecule has 0 bridgehead atoms. The molecule has 0 radical (unpaired) electrons. The first-order valence-electron chi connectivity index (χ1n) is 9.60. The molecule has 25 heavy (non-hydrogen) atoms. The maximum atomic E-state index is 13.5. The monoisotopic (exact) mass is 346 g/mol. The zero-order valence-corrected chi connectivity index (χ0v) is 17.8. The fourth-order valence-corrected chi connectivity index (χ4v) is 3.60. The fourth-order valence-electron chi connectivity index (χ4n) is 3.60. The highest BCUT2D eigenvalue weighted by molar-refractivity contribution is 5.78. The first-order chi connectivity index (χ1) is 11.3. The van der Waals surface area contributed by atoms with Gasteiger partial charge in [0.2, 0.25) is 0 Å². The van der Waals surface area contributed by atoms with Gasteiger partial charge in [0.1, 0.15) is 5.60 Å². The SMILES string of the molecule is CCC(CC)(OC(=O)C(C)(CC(C)(C)C)C(C)(C)C)c1ccccc1. The minimum absolute atomic E-state index is 0.0505. The van der Waals surface area contributed by atoms with Gasteiger partial charge < -0.3 is 4.74 Å². The largest absolute Gasteiger partial charge is 0.454 e. The smallest absolute Gasteiger partial charge is 0.313 e. The van der Waals surface area contributed by atoms with Gasteiger partial charge in [-0.3, -0.25) is 4.79 Å². The second-order valence-electron chi connectivity index (χ2n) is 9.78. The molecule has 0 amide bonds. The van der Waals surface area contributed by atoms with Gasteiger partial charge in [0, 0.05) is 0 Å². The van der Waals surface area contributed by atoms with E-state index < -0.39 is 11.0 Å². The molecule has 2 heteroatoms. The van der Waals surface area contributed by atoms with Crippen molar-refractivity contribution >= 4 is 5.97 Å². The van der Waals surface area contributed by atoms with Crippen molar-refractivity contribution < 1.29 is 9.53 Å². The molecule has 1 aromatic rings. The van der Waals surface area contributed by atoms with Gasteiger partial charge in [0.05, 0.1) is 5.41 Å². The summed E-state index contributed by atoms with van der Waals surface area (Å²) in [6, 6.07) is 10.2. The molecule has 1 unspecified atom stereocenters. The van der Waals surface area contributed by atoms with Crippen LogP contribution in [-0.4, -0.2) is 5.97 Å². The van der Waals surface area contributed by atoms with E-state index in [0.29, 0.717) is 0 Å². The van der Waals surface area contributed by atoms with Crippen molar-refractivity contribution in [2.75, 3.05) is 0 Å². The van der Waals surface area contributed by atoms with E-state index in [1.54, 1.807) is 0 Å². The third-order valence-electron chi connectivity index (χ3n) is 5.72. The highest BCUT2D eigenvalue weighted by Gasteiger charge is 2.50. The number of rotatable bonds is 6. The average molecular weight is 347 g/mol. The summed E-state index contributed by atoms with van der Waals surface area (Å²) in [4.78, 5) is 13.5. The minimum atomic E-state index is -0.553. The van der Waals surface area contributed by atoms with Gasteiger partial charge in [-0.05, 0) is 42.6 Å². The van der Waals surface area contributed by atoms with Crippen LogP contribution >= 0.6 is 0 Å². The van der Waals surface area contributed by atoms with Crippen LogP contribution in [0.25, 0.3) is 0 Å². The summed E-state index contributed by atoms with van der Waals surface area (Å²) in [5.74, 6) is -0.0810. The Kier molecular flexibility index (Phi) is 6.53. The third kappa shape index (κ3) is 4.86. The summed E-state index contributed by atoms with van der Waals surface area (Å²) in [5.41, 5.74) is -0.144. The lowest BCUT2D eigenvalue weighted by molar-refractivity contribution is -0.184. The molecule has 0 N–H and O–H groups in total. The van der Waals surface area contributed by atoms with E-state index in [1.165, 1.54) is 0 Å². The van der Waals surface area contributed by atoms with Crippen LogP contribution in [0.3, 0.4) is 0 Å². The average Bonchev–Trinajstić information content (AvgIpc) is 2.50. The van der Waals surface area contributed by atoms with Gasteiger partial charge in [-0.1, -0.05) is 85.7 Å². The van der Waals surface area contributed by atoms with E-state index in [-0.39, 0.29) is 16.8 Å². The number of carbonyl (C=O) groups is 1. The molecule has 0 aromatic heterocycles. The fraction of sp³-hybridized carbons (Fsp3) is 0.696. The summed E-state index contributed by atoms with van der Waals surface area (Å²) in [6.45, 7) is 19.3. The van der Waals surface area contributed by atoms with Crippen molar-refractivity contribution in [3.8, 4) is 0 Å². The Bertz CT molecular complexity index is 556. The maximum Gasteiger partial charge on any atom is 0.313 e. The van der Waals surface area contributed by atoms with Crippen LogP contribution in [0.1, 0.15) is 87.1 Å². The summed E-state index contributed by atoms with van der Waals surface area (Å²) in [7, 11) is 0. The van der Waals surface area contributed by atoms with Gasteiger partial charge in [-0.2, -0.15) is 0 Å². The highest BCUT2D eigenvalue weighted by atomic mass is 16.6. The van der Waals surface area contributed by atoms with Crippen molar-refractivity contribution in [3.63, 3.8) is 0 Å². The Morgan fingerprint density at radius 2 is 1.36 bits per heavy atom. The van der Waals surface area contributed by atoms with E-state index in [4.69, 9.17) is 4.74 Å². The molecule has 0 saturated carbocycles. The molecule has 1 aromatic carbocycles. The van der Waals surface area contributed by atoms with Crippen LogP contribution in [0.4, 0.5) is 0 Å². The second-order valence-corrected chi connectivity index (χ2v) is 9.78. The normalized spacial score (nSPS) is 15.6. The Labute approximate surface area is 155 Å². The highest BCUT2D eigenvalue weighted by Crippen LogP contribution is 2.49. The zero-order valence-electron chi connectivity index (χ0n) is 17.8. The molecule has 0 spiro atoms. The molecule has 1 rings (SSSR count). The zero-order chi connectivity index (χ0) is 19.5. The van der Waals surface area contributed by atoms with Gasteiger partial charge >= 0.3 is 5.97 Å². The molecule has 0 heterocycles. The maximum absolute atomic E-state index is 13.5. The van der Waals surface area contributed by atoms with Gasteiger partial charge in [0.25, 0.3) is 0 Å². The van der Waals surface area contributed by atoms with Crippen molar-refractivity contribution in [1.29, 1.82) is 0 Å². The quantitative estimate of drug-likeness (QED) is 0.533. The lowest BCUT2D eigenvalue weighted by atomic mass is 9.61. The number of esters is 1. The molecule has 0 aliphatic rings. The standard InChI is InChI=1S/C23H38O2/c1-10-23(11-2,18-15-13-12-14-16-18)25-19(24)22(9,21(6,7)8)17-20(3,4)5/h12-16H,10-11,17H2,1-9H3. The summed E-state index contributed by atoms with van der Waals surface area (Å²) in [5, 5.41) is 0. The van der Waals surface area contributed by atoms with Crippen LogP contribution < -0.4 is 0 Å². The first kappa shape index (κ1) is 21.7. The Morgan fingerprint density at radius 3 is 1.72 bits per heavy atom. The molecular formula is C23H38O2. The predicted molar refractivity (Wildman–Crippen MR) is 106 cm³/mol. The predicted octanol–water partition coefficient (Wildman–Crippen LogP) is 6.73. The van der Waals surface area contributed by atoms with E-state index in [0.717, 1.165) is 24.8 Å². The Hall–Kier alpha value is -1.31. The van der Waals surface area contributed by atoms with Crippen molar-refractivity contribution in [2.24, 2.45) is 16.2 Å². The van der Waals surface area contributed by atoms with Gasteiger partial charge in [-0.25, -0.2) is 0 Å². The van der Waals surface area contributed by atoms with Gasteiger partial charge in [0.15, 0.2) is 0 Å². The van der Waals surface area contributed by atoms with Crippen molar-refractivity contribution in [3.05, 3.63) is 35.9 Å². The number of carbonyl (C=O) groups excluding carboxylic acids is 1. The topological polar surface area (TPSA) is 26.3 Å². The number of benzene rings is 1. The molecule has 142 valence electrons. The minimum Gasteiger partial charge on any atom is -0.454 e. The molecular weight excluding hydrogens is 308 g/mol. The third-order valence-corrected chi connectivity index (χ3v) is 5.72. The van der Waals surface area contributed by atoms with Gasteiger partial charge in [-0.15, -0.1) is 0 Å². The van der Waals surface area contributed by atoms with Crippen LogP contribution in [0.2, 0.25) is 0 Å². The number of hydrogen-bond donors (Lipinski definition) is 0. The van der Waals surface area contributed by atoms with E-state index in [1.807, 2.05) is 18.2 Å². The lowest BCUT2D eigenvalue weighted by Gasteiger charge is -2.46. The molecule has 0 saturated heterocycles.